The molecule has 4 rings (SSSR count). The van der Waals surface area contributed by atoms with Crippen molar-refractivity contribution in [3.63, 3.8) is 0 Å². The zero-order valence-electron chi connectivity index (χ0n) is 15.6. The second-order valence-corrected chi connectivity index (χ2v) is 6.98. The molecule has 0 spiro atoms. The van der Waals surface area contributed by atoms with Crippen LogP contribution in [0.3, 0.4) is 0 Å². The van der Waals surface area contributed by atoms with Gasteiger partial charge in [-0.2, -0.15) is 0 Å². The molecule has 0 unspecified atom stereocenters. The summed E-state index contributed by atoms with van der Waals surface area (Å²) < 4.78 is 0. The van der Waals surface area contributed by atoms with E-state index in [1.807, 2.05) is 11.0 Å². The maximum atomic E-state index is 5.25. The van der Waals surface area contributed by atoms with Crippen molar-refractivity contribution in [1.82, 2.24) is 10.2 Å². The minimum atomic E-state index is 0.272. The SMILES string of the molecule is Cc1ccc(CN2COOCN/C2=N\c2cccc(C3=CCCC3)c2)cc1. The minimum absolute atomic E-state index is 0.272. The highest BCUT2D eigenvalue weighted by Gasteiger charge is 2.17. The van der Waals surface area contributed by atoms with Gasteiger partial charge in [0.1, 0.15) is 0 Å². The van der Waals surface area contributed by atoms with Crippen molar-refractivity contribution in [2.45, 2.75) is 32.7 Å². The zero-order chi connectivity index (χ0) is 18.5. The predicted molar refractivity (Wildman–Crippen MR) is 107 cm³/mol. The lowest BCUT2D eigenvalue weighted by atomic mass is 10.1. The first kappa shape index (κ1) is 17.8. The predicted octanol–water partition coefficient (Wildman–Crippen LogP) is 4.52. The van der Waals surface area contributed by atoms with Crippen molar-refractivity contribution < 1.29 is 9.78 Å². The third kappa shape index (κ3) is 4.56. The Morgan fingerprint density at radius 2 is 2.00 bits per heavy atom. The molecule has 27 heavy (non-hydrogen) atoms. The van der Waals surface area contributed by atoms with E-state index < -0.39 is 0 Å². The van der Waals surface area contributed by atoms with Gasteiger partial charge in [0.2, 0.25) is 5.96 Å². The molecule has 0 amide bonds. The lowest BCUT2D eigenvalue weighted by Crippen LogP contribution is -2.39. The molecule has 5 nitrogen and oxygen atoms in total. The number of nitrogens with zero attached hydrogens (tertiary/aromatic N) is 2. The van der Waals surface area contributed by atoms with Crippen molar-refractivity contribution in [2.75, 3.05) is 13.5 Å². The molecule has 0 radical (unpaired) electrons. The summed E-state index contributed by atoms with van der Waals surface area (Å²) in [6.07, 6.45) is 5.91. The molecule has 0 aromatic heterocycles. The van der Waals surface area contributed by atoms with Gasteiger partial charge in [0.05, 0.1) is 5.69 Å². The van der Waals surface area contributed by atoms with Crippen molar-refractivity contribution in [1.29, 1.82) is 0 Å². The highest BCUT2D eigenvalue weighted by Crippen LogP contribution is 2.29. The topological polar surface area (TPSA) is 46.1 Å². The summed E-state index contributed by atoms with van der Waals surface area (Å²) in [4.78, 5) is 17.3. The Balaban J connectivity index is 1.58. The van der Waals surface area contributed by atoms with Gasteiger partial charge in [-0.3, -0.25) is 0 Å². The van der Waals surface area contributed by atoms with Gasteiger partial charge in [0.25, 0.3) is 0 Å². The summed E-state index contributed by atoms with van der Waals surface area (Å²) in [5, 5.41) is 3.21. The first-order chi connectivity index (χ1) is 13.3. The number of nitrogens with one attached hydrogen (secondary N) is 1. The molecule has 1 N–H and O–H groups in total. The molecular weight excluding hydrogens is 338 g/mol. The van der Waals surface area contributed by atoms with E-state index in [1.54, 1.807) is 0 Å². The fourth-order valence-corrected chi connectivity index (χ4v) is 3.38. The third-order valence-corrected chi connectivity index (χ3v) is 4.87. The largest absolute Gasteiger partial charge is 0.330 e. The molecule has 2 aliphatic rings. The quantitative estimate of drug-likeness (QED) is 0.812. The fourth-order valence-electron chi connectivity index (χ4n) is 3.38. The summed E-state index contributed by atoms with van der Waals surface area (Å²) in [6, 6.07) is 16.9. The molecule has 1 saturated heterocycles. The van der Waals surface area contributed by atoms with Gasteiger partial charge < -0.3 is 10.2 Å². The van der Waals surface area contributed by atoms with Crippen molar-refractivity contribution in [2.24, 2.45) is 4.99 Å². The van der Waals surface area contributed by atoms with Crippen LogP contribution in [0.1, 0.15) is 36.0 Å². The monoisotopic (exact) mass is 363 g/mol. The molecule has 2 aromatic carbocycles. The molecule has 0 bridgehead atoms. The average Bonchev–Trinajstić information content (AvgIpc) is 3.14. The van der Waals surface area contributed by atoms with E-state index in [1.165, 1.54) is 35.1 Å². The fraction of sp³-hybridized carbons (Fsp3) is 0.318. The van der Waals surface area contributed by atoms with Gasteiger partial charge in [-0.25, -0.2) is 14.8 Å². The number of benzene rings is 2. The number of aryl methyl sites for hydroxylation is 1. The molecule has 1 aliphatic carbocycles. The van der Waals surface area contributed by atoms with Crippen LogP contribution >= 0.6 is 0 Å². The summed E-state index contributed by atoms with van der Waals surface area (Å²) in [6.45, 7) is 3.38. The number of hydrogen-bond acceptors (Lipinski definition) is 3. The molecule has 1 fully saturated rings. The van der Waals surface area contributed by atoms with Gasteiger partial charge in [0, 0.05) is 6.54 Å². The Hall–Kier alpha value is -2.63. The second-order valence-electron chi connectivity index (χ2n) is 6.98. The van der Waals surface area contributed by atoms with Crippen LogP contribution in [-0.2, 0) is 16.3 Å². The number of aliphatic imine (C=N–C) groups is 1. The number of guanidine groups is 1. The summed E-state index contributed by atoms with van der Waals surface area (Å²) >= 11 is 0. The Morgan fingerprint density at radius 3 is 2.81 bits per heavy atom. The van der Waals surface area contributed by atoms with Crippen molar-refractivity contribution >= 4 is 17.2 Å². The number of allylic oxidation sites excluding steroid dienone is 2. The third-order valence-electron chi connectivity index (χ3n) is 4.87. The van der Waals surface area contributed by atoms with Crippen LogP contribution in [0, 0.1) is 6.92 Å². The summed E-state index contributed by atoms with van der Waals surface area (Å²) in [5.74, 6) is 0.755. The van der Waals surface area contributed by atoms with E-state index in [2.05, 4.69) is 60.8 Å². The van der Waals surface area contributed by atoms with Gasteiger partial charge in [-0.05, 0) is 55.0 Å². The highest BCUT2D eigenvalue weighted by atomic mass is 17.2. The zero-order valence-corrected chi connectivity index (χ0v) is 15.6. The molecular formula is C22H25N3O2. The lowest BCUT2D eigenvalue weighted by molar-refractivity contribution is -0.305. The molecule has 1 heterocycles. The standard InChI is InChI=1S/C22H25N3O2/c1-17-9-11-18(12-10-17)14-25-16-27-26-15-23-22(25)24-21-8-4-7-20(13-21)19-5-2-3-6-19/h4-5,7-13H,2-3,6,14-16H2,1H3,(H,23,24). The first-order valence-electron chi connectivity index (χ1n) is 9.45. The van der Waals surface area contributed by atoms with Crippen LogP contribution in [0.15, 0.2) is 59.6 Å². The van der Waals surface area contributed by atoms with E-state index in [0.717, 1.165) is 18.1 Å². The highest BCUT2D eigenvalue weighted by molar-refractivity contribution is 5.83. The van der Waals surface area contributed by atoms with Crippen LogP contribution in [-0.4, -0.2) is 24.3 Å². The van der Waals surface area contributed by atoms with Gasteiger partial charge in [-0.15, -0.1) is 0 Å². The molecule has 0 atom stereocenters. The van der Waals surface area contributed by atoms with E-state index in [9.17, 15) is 0 Å². The Labute approximate surface area is 160 Å². The van der Waals surface area contributed by atoms with E-state index in [4.69, 9.17) is 14.8 Å². The Morgan fingerprint density at radius 1 is 1.11 bits per heavy atom. The van der Waals surface area contributed by atoms with Crippen LogP contribution in [0.25, 0.3) is 5.57 Å². The van der Waals surface area contributed by atoms with Gasteiger partial charge in [0.15, 0.2) is 13.5 Å². The number of hydrogen-bond donors (Lipinski definition) is 1. The van der Waals surface area contributed by atoms with Crippen LogP contribution in [0.4, 0.5) is 5.69 Å². The average molecular weight is 363 g/mol. The van der Waals surface area contributed by atoms with E-state index in [0.29, 0.717) is 13.3 Å². The summed E-state index contributed by atoms with van der Waals surface area (Å²) in [5.41, 5.74) is 6.07. The second kappa shape index (κ2) is 8.37. The van der Waals surface area contributed by atoms with Crippen molar-refractivity contribution in [3.05, 3.63) is 71.3 Å². The summed E-state index contributed by atoms with van der Waals surface area (Å²) in [7, 11) is 0. The number of rotatable bonds is 4. The molecule has 140 valence electrons. The van der Waals surface area contributed by atoms with Crippen LogP contribution in [0.5, 0.6) is 0 Å². The smallest absolute Gasteiger partial charge is 0.203 e. The molecule has 5 heteroatoms. The molecule has 2 aromatic rings. The maximum absolute atomic E-state index is 5.25. The molecule has 0 saturated carbocycles. The Bertz CT molecular complexity index is 843. The van der Waals surface area contributed by atoms with Crippen LogP contribution in [0.2, 0.25) is 0 Å². The van der Waals surface area contributed by atoms with E-state index in [-0.39, 0.29) is 6.73 Å². The maximum Gasteiger partial charge on any atom is 0.203 e. The lowest BCUT2D eigenvalue weighted by Gasteiger charge is -2.22. The molecule has 1 aliphatic heterocycles. The Kier molecular flexibility index (Phi) is 5.51. The minimum Gasteiger partial charge on any atom is -0.330 e. The normalized spacial score (nSPS) is 18.9. The van der Waals surface area contributed by atoms with Crippen LogP contribution < -0.4 is 5.32 Å². The first-order valence-corrected chi connectivity index (χ1v) is 9.45. The van der Waals surface area contributed by atoms with Crippen molar-refractivity contribution in [3.8, 4) is 0 Å². The van der Waals surface area contributed by atoms with E-state index >= 15 is 0 Å². The van der Waals surface area contributed by atoms with Gasteiger partial charge in [-0.1, -0.05) is 48.0 Å². The van der Waals surface area contributed by atoms with Gasteiger partial charge >= 0.3 is 0 Å².